The molecule has 0 aromatic carbocycles. The molecule has 0 bridgehead atoms. The summed E-state index contributed by atoms with van der Waals surface area (Å²) in [6, 6.07) is 2.55. The zero-order valence-corrected chi connectivity index (χ0v) is 13.7. The largest absolute Gasteiger partial charge is 0.464 e. The van der Waals surface area contributed by atoms with E-state index in [1.54, 1.807) is 0 Å². The van der Waals surface area contributed by atoms with Gasteiger partial charge in [-0.25, -0.2) is 14.6 Å². The molecular formula is C15H21N3O5. The predicted molar refractivity (Wildman–Crippen MR) is 82.4 cm³/mol. The van der Waals surface area contributed by atoms with Gasteiger partial charge < -0.3 is 19.7 Å². The zero-order valence-electron chi connectivity index (χ0n) is 13.7. The lowest BCUT2D eigenvalue weighted by atomic mass is 10.1. The van der Waals surface area contributed by atoms with Crippen LogP contribution < -0.4 is 5.32 Å². The van der Waals surface area contributed by atoms with Gasteiger partial charge in [-0.2, -0.15) is 0 Å². The Bertz CT molecular complexity index is 552. The maximum absolute atomic E-state index is 12.2. The fourth-order valence-electron chi connectivity index (χ4n) is 1.78. The van der Waals surface area contributed by atoms with Crippen molar-refractivity contribution in [3.63, 3.8) is 0 Å². The van der Waals surface area contributed by atoms with Crippen molar-refractivity contribution >= 4 is 17.8 Å². The van der Waals surface area contributed by atoms with E-state index >= 15 is 0 Å². The maximum atomic E-state index is 12.2. The van der Waals surface area contributed by atoms with Gasteiger partial charge in [0.15, 0.2) is 0 Å². The van der Waals surface area contributed by atoms with Crippen LogP contribution in [0.4, 0.5) is 0 Å². The highest BCUT2D eigenvalue weighted by atomic mass is 16.5. The van der Waals surface area contributed by atoms with Gasteiger partial charge in [0.25, 0.3) is 5.91 Å². The number of methoxy groups -OCH3 is 2. The van der Waals surface area contributed by atoms with Crippen molar-refractivity contribution < 1.29 is 23.9 Å². The minimum absolute atomic E-state index is 0.131. The molecule has 1 rings (SSSR count). The summed E-state index contributed by atoms with van der Waals surface area (Å²) in [7, 11) is 6.26. The van der Waals surface area contributed by atoms with Crippen LogP contribution in [-0.2, 0) is 9.47 Å². The number of hydrogen-bond donors (Lipinski definition) is 1. The second kappa shape index (κ2) is 8.84. The number of esters is 2. The van der Waals surface area contributed by atoms with Crippen molar-refractivity contribution in [3.8, 4) is 0 Å². The third kappa shape index (κ3) is 5.67. The van der Waals surface area contributed by atoms with Crippen LogP contribution in [0.5, 0.6) is 0 Å². The van der Waals surface area contributed by atoms with E-state index in [4.69, 9.17) is 0 Å². The predicted octanol–water partition coefficient (Wildman–Crippen LogP) is 0.336. The van der Waals surface area contributed by atoms with E-state index in [9.17, 15) is 14.4 Å². The van der Waals surface area contributed by atoms with Crippen LogP contribution in [0.3, 0.4) is 0 Å². The van der Waals surface area contributed by atoms with Crippen LogP contribution in [0.15, 0.2) is 12.1 Å². The third-order valence-electron chi connectivity index (χ3n) is 2.94. The van der Waals surface area contributed by atoms with E-state index < -0.39 is 17.8 Å². The molecule has 0 aliphatic rings. The minimum atomic E-state index is -0.739. The first-order valence-corrected chi connectivity index (χ1v) is 7.00. The van der Waals surface area contributed by atoms with E-state index in [0.717, 1.165) is 13.0 Å². The molecule has 1 amide bonds. The molecule has 0 spiro atoms. The number of rotatable bonds is 7. The Kier molecular flexibility index (Phi) is 7.14. The van der Waals surface area contributed by atoms with E-state index in [1.807, 2.05) is 19.0 Å². The topological polar surface area (TPSA) is 97.8 Å². The van der Waals surface area contributed by atoms with Crippen molar-refractivity contribution in [1.29, 1.82) is 0 Å². The molecule has 8 nitrogen and oxygen atoms in total. The molecule has 0 aliphatic carbocycles. The molecule has 0 radical (unpaired) electrons. The van der Waals surface area contributed by atoms with Gasteiger partial charge in [0.1, 0.15) is 11.4 Å². The van der Waals surface area contributed by atoms with Crippen molar-refractivity contribution in [3.05, 3.63) is 29.1 Å². The number of nitrogens with zero attached hydrogens (tertiary/aromatic N) is 2. The lowest BCUT2D eigenvalue weighted by molar-refractivity contribution is 0.0586. The standard InChI is InChI=1S/C15H21N3O5/c1-18(2)7-5-6-16-13(19)10-8-11(14(20)22-3)17-12(9-10)15(21)23-4/h8-9H,5-7H2,1-4H3,(H,16,19). The van der Waals surface area contributed by atoms with E-state index in [-0.39, 0.29) is 17.0 Å². The van der Waals surface area contributed by atoms with Crippen molar-refractivity contribution in [2.24, 2.45) is 0 Å². The Morgan fingerprint density at radius 2 is 1.61 bits per heavy atom. The van der Waals surface area contributed by atoms with Crippen LogP contribution in [0, 0.1) is 0 Å². The Morgan fingerprint density at radius 3 is 2.04 bits per heavy atom. The first-order valence-electron chi connectivity index (χ1n) is 7.00. The molecule has 1 aromatic heterocycles. The average Bonchev–Trinajstić information content (AvgIpc) is 2.56. The van der Waals surface area contributed by atoms with Gasteiger partial charge in [-0.3, -0.25) is 4.79 Å². The summed E-state index contributed by atoms with van der Waals surface area (Å²) in [4.78, 5) is 41.2. The Morgan fingerprint density at radius 1 is 1.09 bits per heavy atom. The molecule has 0 aliphatic heterocycles. The number of carbonyl (C=O) groups excluding carboxylic acids is 3. The Hall–Kier alpha value is -2.48. The summed E-state index contributed by atoms with van der Waals surface area (Å²) >= 11 is 0. The molecule has 1 N–H and O–H groups in total. The van der Waals surface area contributed by atoms with Gasteiger partial charge in [-0.15, -0.1) is 0 Å². The highest BCUT2D eigenvalue weighted by Gasteiger charge is 2.18. The number of hydrogen-bond acceptors (Lipinski definition) is 7. The first kappa shape index (κ1) is 18.6. The second-order valence-electron chi connectivity index (χ2n) is 5.02. The quantitative estimate of drug-likeness (QED) is 0.570. The van der Waals surface area contributed by atoms with Crippen LogP contribution >= 0.6 is 0 Å². The van der Waals surface area contributed by atoms with Gasteiger partial charge in [0, 0.05) is 12.1 Å². The number of pyridine rings is 1. The average molecular weight is 323 g/mol. The van der Waals surface area contributed by atoms with Crippen LogP contribution in [0.1, 0.15) is 37.8 Å². The van der Waals surface area contributed by atoms with Gasteiger partial charge in [0.05, 0.1) is 14.2 Å². The molecule has 0 saturated heterocycles. The monoisotopic (exact) mass is 323 g/mol. The molecule has 23 heavy (non-hydrogen) atoms. The SMILES string of the molecule is COC(=O)c1cc(C(=O)NCCCN(C)C)cc(C(=O)OC)n1. The van der Waals surface area contributed by atoms with Gasteiger partial charge in [0.2, 0.25) is 0 Å². The van der Waals surface area contributed by atoms with Crippen molar-refractivity contribution in [1.82, 2.24) is 15.2 Å². The fourth-order valence-corrected chi connectivity index (χ4v) is 1.78. The van der Waals surface area contributed by atoms with E-state index in [1.165, 1.54) is 26.4 Å². The number of aromatic nitrogens is 1. The molecule has 0 fully saturated rings. The van der Waals surface area contributed by atoms with Gasteiger partial charge in [-0.05, 0) is 39.2 Å². The molecule has 1 heterocycles. The molecule has 1 aromatic rings. The normalized spacial score (nSPS) is 10.3. The fraction of sp³-hybridized carbons (Fsp3) is 0.467. The third-order valence-corrected chi connectivity index (χ3v) is 2.94. The second-order valence-corrected chi connectivity index (χ2v) is 5.02. The highest BCUT2D eigenvalue weighted by molar-refractivity contribution is 6.00. The first-order chi connectivity index (χ1) is 10.9. The summed E-state index contributed by atoms with van der Waals surface area (Å²) in [6.07, 6.45) is 0.775. The zero-order chi connectivity index (χ0) is 17.4. The molecule has 126 valence electrons. The molecule has 0 unspecified atom stereocenters. The minimum Gasteiger partial charge on any atom is -0.464 e. The summed E-state index contributed by atoms with van der Waals surface area (Å²) in [5.41, 5.74) is -0.117. The van der Waals surface area contributed by atoms with Gasteiger partial charge >= 0.3 is 11.9 Å². The molecule has 0 saturated carbocycles. The number of amides is 1. The number of nitrogens with one attached hydrogen (secondary N) is 1. The highest BCUT2D eigenvalue weighted by Crippen LogP contribution is 2.09. The Labute approximate surface area is 134 Å². The summed E-state index contributed by atoms with van der Waals surface area (Å²) in [5, 5.41) is 2.73. The summed E-state index contributed by atoms with van der Waals surface area (Å²) in [5.74, 6) is -1.88. The summed E-state index contributed by atoms with van der Waals surface area (Å²) < 4.78 is 9.15. The number of ether oxygens (including phenoxy) is 2. The van der Waals surface area contributed by atoms with Crippen LogP contribution in [-0.4, -0.2) is 69.1 Å². The van der Waals surface area contributed by atoms with Crippen molar-refractivity contribution in [2.45, 2.75) is 6.42 Å². The summed E-state index contributed by atoms with van der Waals surface area (Å²) in [6.45, 7) is 1.30. The lowest BCUT2D eigenvalue weighted by Crippen LogP contribution is -2.28. The molecule has 0 atom stereocenters. The molecule has 8 heteroatoms. The maximum Gasteiger partial charge on any atom is 0.356 e. The molecular weight excluding hydrogens is 302 g/mol. The van der Waals surface area contributed by atoms with Crippen LogP contribution in [0.2, 0.25) is 0 Å². The smallest absolute Gasteiger partial charge is 0.356 e. The van der Waals surface area contributed by atoms with Gasteiger partial charge in [-0.1, -0.05) is 0 Å². The Balaban J connectivity index is 2.93. The number of carbonyl (C=O) groups is 3. The lowest BCUT2D eigenvalue weighted by Gasteiger charge is -2.10. The van der Waals surface area contributed by atoms with E-state index in [0.29, 0.717) is 6.54 Å². The van der Waals surface area contributed by atoms with Crippen LogP contribution in [0.25, 0.3) is 0 Å². The van der Waals surface area contributed by atoms with Crippen molar-refractivity contribution in [2.75, 3.05) is 41.4 Å². The van der Waals surface area contributed by atoms with E-state index in [2.05, 4.69) is 19.8 Å².